The second-order valence-corrected chi connectivity index (χ2v) is 18.3. The number of nitrogens with one attached hydrogen (secondary N) is 2. The highest BCUT2D eigenvalue weighted by Gasteiger charge is 2.67. The van der Waals surface area contributed by atoms with Crippen molar-refractivity contribution in [1.82, 2.24) is 44.3 Å². The second kappa shape index (κ2) is 15.0. The van der Waals surface area contributed by atoms with E-state index in [-0.39, 0.29) is 50.8 Å². The van der Waals surface area contributed by atoms with Gasteiger partial charge in [0.1, 0.15) is 47.3 Å². The molecule has 4 aliphatic rings. The molecule has 1 fully saturated rings. The molecular weight excluding hydrogens is 878 g/mol. The number of benzene rings is 2. The first-order valence-corrected chi connectivity index (χ1v) is 21.7. The van der Waals surface area contributed by atoms with Gasteiger partial charge in [-0.1, -0.05) is 17.7 Å². The fourth-order valence-electron chi connectivity index (χ4n) is 8.96. The van der Waals surface area contributed by atoms with Crippen LogP contribution in [-0.4, -0.2) is 73.8 Å². The number of carbonyl (C=O) groups is 1. The fourth-order valence-corrected chi connectivity index (χ4v) is 9.79. The van der Waals surface area contributed by atoms with E-state index in [0.29, 0.717) is 33.5 Å². The van der Waals surface area contributed by atoms with Crippen LogP contribution in [0, 0.1) is 37.3 Å². The fraction of sp³-hybridized carbons (Fsp3) is 0.341. The second-order valence-electron chi connectivity index (χ2n) is 16.1. The van der Waals surface area contributed by atoms with E-state index >= 15 is 13.6 Å². The smallest absolute Gasteiger partial charge is 0.293 e. The third-order valence-corrected chi connectivity index (χ3v) is 12.4. The van der Waals surface area contributed by atoms with E-state index in [9.17, 15) is 30.8 Å². The molecule has 0 bridgehead atoms. The summed E-state index contributed by atoms with van der Waals surface area (Å²) in [6.45, 7) is 2.57. The number of rotatable bonds is 10. The molecule has 1 amide bonds. The van der Waals surface area contributed by atoms with E-state index < -0.39 is 99.7 Å². The van der Waals surface area contributed by atoms with Crippen LogP contribution in [-0.2, 0) is 33.7 Å². The van der Waals surface area contributed by atoms with Gasteiger partial charge in [-0.25, -0.2) is 40.9 Å². The number of carbonyl (C=O) groups excluding carboxylic acids is 1. The van der Waals surface area contributed by atoms with Gasteiger partial charge in [0.25, 0.3) is 17.9 Å². The van der Waals surface area contributed by atoms with Crippen LogP contribution < -0.4 is 15.6 Å². The van der Waals surface area contributed by atoms with Crippen molar-refractivity contribution < 1.29 is 39.6 Å². The number of halogens is 7. The Hall–Kier alpha value is -6.09. The molecule has 0 saturated heterocycles. The van der Waals surface area contributed by atoms with Gasteiger partial charge in [-0.2, -0.15) is 19.0 Å². The average Bonchev–Trinajstić information content (AvgIpc) is 3.72. The first kappa shape index (κ1) is 42.2. The van der Waals surface area contributed by atoms with E-state index in [2.05, 4.69) is 30.2 Å². The molecule has 1 saturated carbocycles. The maximum Gasteiger partial charge on any atom is 0.293 e. The van der Waals surface area contributed by atoms with Gasteiger partial charge in [-0.3, -0.25) is 28.6 Å². The maximum atomic E-state index is 15.5. The number of nitrogens with zero attached hydrogens (tertiary/aromatic N) is 8. The number of hydrazone groups is 1. The predicted octanol–water partition coefficient (Wildman–Crippen LogP) is 5.96. The number of fused-ring (bicyclic) bond motifs is 5. The third-order valence-electron chi connectivity index (χ3n) is 11.4. The Morgan fingerprint density at radius 1 is 1.02 bits per heavy atom. The van der Waals surface area contributed by atoms with Crippen LogP contribution in [0.3, 0.4) is 0 Å². The Morgan fingerprint density at radius 3 is 2.38 bits per heavy atom. The largest absolute Gasteiger partial charge is 0.344 e. The molecule has 2 unspecified atom stereocenters. The lowest BCUT2D eigenvalue weighted by molar-refractivity contribution is -0.123. The Balaban J connectivity index is 1.22. The molecule has 22 heteroatoms. The molecule has 63 heavy (non-hydrogen) atoms. The lowest BCUT2D eigenvalue weighted by Crippen LogP contribution is -2.44. The first-order valence-electron chi connectivity index (χ1n) is 19.5. The van der Waals surface area contributed by atoms with Gasteiger partial charge in [0.15, 0.2) is 5.82 Å². The Kier molecular flexibility index (Phi) is 10.1. The highest BCUT2D eigenvalue weighted by molar-refractivity contribution is 7.89. The molecule has 2 N–H and O–H groups in total. The predicted molar refractivity (Wildman–Crippen MR) is 218 cm³/mol. The van der Waals surface area contributed by atoms with Crippen molar-refractivity contribution in [1.29, 1.82) is 0 Å². The summed E-state index contributed by atoms with van der Waals surface area (Å²) in [6.07, 6.45) is 0.162. The topological polar surface area (TPSA) is 169 Å². The van der Waals surface area contributed by atoms with Gasteiger partial charge in [-0.15, -0.1) is 0 Å². The number of aromatic nitrogens is 6. The SMILES string of the molecule is Cc1cc(C)nc(-c2ccc3c(=O)n(C4=CC=C(Cl)C5C(NS(C)(=O)=O)=NN(C)C45)c([C@H](Cc4cc(F)cc(F)c4)NC(=O)Cn4nc(C(F)F)c5c4C(F)(F)[C@@H]4C[C@H]54)nc3c2)n1. The monoisotopic (exact) mass is 912 g/mol. The maximum absolute atomic E-state index is 15.5. The number of amides is 1. The van der Waals surface area contributed by atoms with Crippen molar-refractivity contribution >= 4 is 50.0 Å². The quantitative estimate of drug-likeness (QED) is 0.161. The normalized spacial score (nSPS) is 21.4. The molecule has 0 radical (unpaired) electrons. The van der Waals surface area contributed by atoms with E-state index in [1.165, 1.54) is 30.3 Å². The van der Waals surface area contributed by atoms with Crippen LogP contribution in [0.4, 0.5) is 26.3 Å². The van der Waals surface area contributed by atoms with Gasteiger partial charge in [0, 0.05) is 53.0 Å². The lowest BCUT2D eigenvalue weighted by atomic mass is 9.91. The summed E-state index contributed by atoms with van der Waals surface area (Å²) in [5.41, 5.74) is -0.700. The van der Waals surface area contributed by atoms with Gasteiger partial charge in [-0.05, 0) is 74.2 Å². The van der Waals surface area contributed by atoms with Crippen molar-refractivity contribution in [3.63, 3.8) is 0 Å². The zero-order valence-electron chi connectivity index (χ0n) is 33.5. The molecule has 3 aliphatic carbocycles. The van der Waals surface area contributed by atoms with Crippen LogP contribution in [0.1, 0.15) is 64.5 Å². The summed E-state index contributed by atoms with van der Waals surface area (Å²) in [5, 5.41) is 12.4. The van der Waals surface area contributed by atoms with Crippen molar-refractivity contribution in [2.75, 3.05) is 13.3 Å². The molecule has 328 valence electrons. The van der Waals surface area contributed by atoms with Crippen molar-refractivity contribution in [2.45, 2.75) is 63.6 Å². The lowest BCUT2D eigenvalue weighted by Gasteiger charge is -2.33. The molecule has 4 heterocycles. The minimum absolute atomic E-state index is 0.00346. The zero-order chi connectivity index (χ0) is 45.0. The van der Waals surface area contributed by atoms with Gasteiger partial charge < -0.3 is 5.32 Å². The number of aryl methyl sites for hydroxylation is 2. The van der Waals surface area contributed by atoms with E-state index in [4.69, 9.17) is 16.6 Å². The third kappa shape index (κ3) is 7.53. The summed E-state index contributed by atoms with van der Waals surface area (Å²) in [7, 11) is -2.37. The molecule has 1 aliphatic heterocycles. The summed E-state index contributed by atoms with van der Waals surface area (Å²) in [6, 6.07) is 6.53. The van der Waals surface area contributed by atoms with Crippen LogP contribution >= 0.6 is 11.6 Å². The van der Waals surface area contributed by atoms with Crippen LogP contribution in [0.25, 0.3) is 28.0 Å². The van der Waals surface area contributed by atoms with E-state index in [1.54, 1.807) is 32.0 Å². The Morgan fingerprint density at radius 2 is 1.71 bits per heavy atom. The number of hydrogen-bond acceptors (Lipinski definition) is 10. The van der Waals surface area contributed by atoms with E-state index in [1.807, 2.05) is 0 Å². The Bertz CT molecular complexity index is 3020. The number of allylic oxidation sites excluding steroid dienone is 2. The molecular formula is C41H35ClF6N10O4S. The first-order chi connectivity index (χ1) is 29.7. The number of amidine groups is 1. The molecule has 3 aromatic heterocycles. The minimum atomic E-state index is -3.88. The standard InChI is InChI=1S/C41H35ClF6N10O4S/c1-17-9-18(2)50-37(49-17)20-5-6-23-27(13-20)52-39(58(40(23)60)29-8-7-26(42)32-34(29)56(3)54-38(32)55-63(4,61)62)28(12-19-10-21(43)14-22(44)11-19)51-30(59)16-57-35-31(33(53-57)36(45)46)24-15-25(24)41(35,47)48/h5-11,13-14,24-25,28,32,34,36H,12,15-16H2,1-4H3,(H,51,59)(H,54,55)/t24-,25+,28-,32?,34?/m0/s1. The summed E-state index contributed by atoms with van der Waals surface area (Å²) in [4.78, 5) is 43.2. The highest BCUT2D eigenvalue weighted by atomic mass is 35.5. The molecule has 5 atom stereocenters. The van der Waals surface area contributed by atoms with Crippen molar-refractivity contribution in [2.24, 2.45) is 16.9 Å². The molecule has 14 nitrogen and oxygen atoms in total. The van der Waals surface area contributed by atoms with Crippen LogP contribution in [0.5, 0.6) is 0 Å². The summed E-state index contributed by atoms with van der Waals surface area (Å²) < 4.78 is 118. The van der Waals surface area contributed by atoms with E-state index in [0.717, 1.165) is 23.0 Å². The van der Waals surface area contributed by atoms with Gasteiger partial charge >= 0.3 is 0 Å². The number of hydrogen-bond donors (Lipinski definition) is 2. The number of alkyl halides is 4. The van der Waals surface area contributed by atoms with Gasteiger partial charge in [0.2, 0.25) is 15.9 Å². The molecule has 0 spiro atoms. The molecule has 2 aromatic carbocycles. The molecule has 9 rings (SSSR count). The van der Waals surface area contributed by atoms with Crippen molar-refractivity contribution in [3.05, 3.63) is 121 Å². The van der Waals surface area contributed by atoms with Crippen LogP contribution in [0.15, 0.2) is 69.5 Å². The number of sulfonamides is 1. The molecule has 5 aromatic rings. The average molecular weight is 913 g/mol. The minimum Gasteiger partial charge on any atom is -0.344 e. The van der Waals surface area contributed by atoms with Crippen molar-refractivity contribution in [3.8, 4) is 11.4 Å². The zero-order valence-corrected chi connectivity index (χ0v) is 35.1. The number of likely N-dealkylation sites (N-methyl/N-ethyl adjacent to an activating group) is 1. The Labute approximate surface area is 359 Å². The summed E-state index contributed by atoms with van der Waals surface area (Å²) in [5.74, 6) is -9.55. The highest BCUT2D eigenvalue weighted by Crippen LogP contribution is 2.68. The summed E-state index contributed by atoms with van der Waals surface area (Å²) >= 11 is 6.69. The van der Waals surface area contributed by atoms with Gasteiger partial charge in [0.05, 0.1) is 34.8 Å². The van der Waals surface area contributed by atoms with Crippen LogP contribution in [0.2, 0.25) is 0 Å².